The van der Waals surface area contributed by atoms with Crippen LogP contribution in [0.2, 0.25) is 0 Å². The van der Waals surface area contributed by atoms with Gasteiger partial charge in [0.05, 0.1) is 0 Å². The molecule has 0 saturated carbocycles. The zero-order valence-electron chi connectivity index (χ0n) is 10.0. The van der Waals surface area contributed by atoms with Crippen molar-refractivity contribution in [1.29, 1.82) is 0 Å². The summed E-state index contributed by atoms with van der Waals surface area (Å²) in [4.78, 5) is 5.33. The van der Waals surface area contributed by atoms with E-state index in [9.17, 15) is 0 Å². The lowest BCUT2D eigenvalue weighted by Gasteiger charge is -2.32. The van der Waals surface area contributed by atoms with E-state index in [-0.39, 0.29) is 0 Å². The van der Waals surface area contributed by atoms with Gasteiger partial charge >= 0.3 is 0 Å². The van der Waals surface area contributed by atoms with Crippen molar-refractivity contribution in [1.82, 2.24) is 15.1 Å². The summed E-state index contributed by atoms with van der Waals surface area (Å²) in [5, 5.41) is 3.43. The third-order valence-corrected chi connectivity index (χ3v) is 3.74. The van der Waals surface area contributed by atoms with Gasteiger partial charge in [0, 0.05) is 38.8 Å². The lowest BCUT2D eigenvalue weighted by atomic mass is 10.2. The largest absolute Gasteiger partial charge is 0.314 e. The molecule has 0 radical (unpaired) electrons. The molecular formula is C12H25N3. The molecule has 0 aliphatic carbocycles. The van der Waals surface area contributed by atoms with Crippen LogP contribution < -0.4 is 5.32 Å². The van der Waals surface area contributed by atoms with E-state index in [1.807, 2.05) is 0 Å². The predicted octanol–water partition coefficient (Wildman–Crippen LogP) is 0.766. The molecule has 2 aliphatic rings. The molecule has 0 aromatic rings. The maximum Gasteiger partial charge on any atom is 0.0236 e. The molecule has 3 heteroatoms. The molecule has 0 spiro atoms. The van der Waals surface area contributed by atoms with Crippen molar-refractivity contribution in [2.24, 2.45) is 0 Å². The number of nitrogens with one attached hydrogen (secondary N) is 1. The van der Waals surface area contributed by atoms with Crippen molar-refractivity contribution in [3.63, 3.8) is 0 Å². The number of rotatable bonds is 4. The maximum atomic E-state index is 3.43. The van der Waals surface area contributed by atoms with Gasteiger partial charge in [-0.25, -0.2) is 0 Å². The summed E-state index contributed by atoms with van der Waals surface area (Å²) in [5.74, 6) is 0. The Balaban J connectivity index is 1.71. The smallest absolute Gasteiger partial charge is 0.0236 e. The van der Waals surface area contributed by atoms with Gasteiger partial charge in [-0.05, 0) is 25.9 Å². The van der Waals surface area contributed by atoms with Crippen LogP contribution in [0.15, 0.2) is 0 Å². The number of hydrogen-bond donors (Lipinski definition) is 1. The molecule has 2 saturated heterocycles. The molecule has 3 nitrogen and oxygen atoms in total. The van der Waals surface area contributed by atoms with Gasteiger partial charge in [-0.15, -0.1) is 0 Å². The molecule has 1 atom stereocenters. The van der Waals surface area contributed by atoms with Crippen LogP contribution in [-0.4, -0.2) is 61.7 Å². The Morgan fingerprint density at radius 2 is 2.00 bits per heavy atom. The zero-order chi connectivity index (χ0) is 10.5. The van der Waals surface area contributed by atoms with Crippen molar-refractivity contribution in [2.75, 3.05) is 45.8 Å². The molecule has 1 N–H and O–H groups in total. The minimum Gasteiger partial charge on any atom is -0.314 e. The number of nitrogens with zero attached hydrogens (tertiary/aromatic N) is 2. The maximum absolute atomic E-state index is 3.43. The molecule has 0 aromatic carbocycles. The van der Waals surface area contributed by atoms with Crippen LogP contribution in [0.4, 0.5) is 0 Å². The fourth-order valence-electron chi connectivity index (χ4n) is 2.74. The molecular weight excluding hydrogens is 186 g/mol. The molecule has 2 aliphatic heterocycles. The van der Waals surface area contributed by atoms with Gasteiger partial charge < -0.3 is 10.2 Å². The van der Waals surface area contributed by atoms with Gasteiger partial charge in [-0.2, -0.15) is 0 Å². The lowest BCUT2D eigenvalue weighted by Crippen LogP contribution is -2.49. The summed E-state index contributed by atoms with van der Waals surface area (Å²) < 4.78 is 0. The Bertz CT molecular complexity index is 178. The molecule has 0 amide bonds. The van der Waals surface area contributed by atoms with Crippen LogP contribution >= 0.6 is 0 Å². The van der Waals surface area contributed by atoms with Crippen molar-refractivity contribution in [3.05, 3.63) is 0 Å². The average molecular weight is 211 g/mol. The van der Waals surface area contributed by atoms with Crippen LogP contribution in [0.3, 0.4) is 0 Å². The molecule has 0 aromatic heterocycles. The van der Waals surface area contributed by atoms with Crippen LogP contribution in [0, 0.1) is 0 Å². The fraction of sp³-hybridized carbons (Fsp3) is 1.00. The summed E-state index contributed by atoms with van der Waals surface area (Å²) in [5.41, 5.74) is 0. The van der Waals surface area contributed by atoms with E-state index in [0.29, 0.717) is 0 Å². The second-order valence-corrected chi connectivity index (χ2v) is 4.88. The first-order valence-corrected chi connectivity index (χ1v) is 6.57. The van der Waals surface area contributed by atoms with Crippen LogP contribution in [0.1, 0.15) is 26.2 Å². The normalized spacial score (nSPS) is 29.8. The summed E-state index contributed by atoms with van der Waals surface area (Å²) in [6.07, 6.45) is 4.09. The van der Waals surface area contributed by atoms with Crippen LogP contribution in [0.25, 0.3) is 0 Å². The van der Waals surface area contributed by atoms with E-state index >= 15 is 0 Å². The van der Waals surface area contributed by atoms with Crippen molar-refractivity contribution in [3.8, 4) is 0 Å². The predicted molar refractivity (Wildman–Crippen MR) is 64.2 cm³/mol. The Kier molecular flexibility index (Phi) is 4.42. The second kappa shape index (κ2) is 5.83. The lowest BCUT2D eigenvalue weighted by molar-refractivity contribution is 0.171. The highest BCUT2D eigenvalue weighted by Crippen LogP contribution is 2.16. The Morgan fingerprint density at radius 3 is 2.73 bits per heavy atom. The molecule has 1 unspecified atom stereocenters. The van der Waals surface area contributed by atoms with Gasteiger partial charge in [0.25, 0.3) is 0 Å². The van der Waals surface area contributed by atoms with Crippen molar-refractivity contribution >= 4 is 0 Å². The number of piperazine rings is 1. The van der Waals surface area contributed by atoms with Crippen LogP contribution in [-0.2, 0) is 0 Å². The van der Waals surface area contributed by atoms with Gasteiger partial charge in [-0.1, -0.05) is 13.3 Å². The standard InChI is InChI=1S/C12H25N3/c1-2-3-7-14-8-4-12(11-14)15-9-5-13-6-10-15/h12-13H,2-11H2,1H3. The number of likely N-dealkylation sites (tertiary alicyclic amines) is 1. The SMILES string of the molecule is CCCCN1CCC(N2CCNCC2)C1. The molecule has 2 fully saturated rings. The zero-order valence-corrected chi connectivity index (χ0v) is 10.0. The third-order valence-electron chi connectivity index (χ3n) is 3.74. The van der Waals surface area contributed by atoms with Crippen LogP contribution in [0.5, 0.6) is 0 Å². The summed E-state index contributed by atoms with van der Waals surface area (Å²) in [7, 11) is 0. The van der Waals surface area contributed by atoms with E-state index < -0.39 is 0 Å². The molecule has 15 heavy (non-hydrogen) atoms. The highest BCUT2D eigenvalue weighted by atomic mass is 15.3. The van der Waals surface area contributed by atoms with Gasteiger partial charge in [-0.3, -0.25) is 4.90 Å². The van der Waals surface area contributed by atoms with Gasteiger partial charge in [0.1, 0.15) is 0 Å². The Labute approximate surface area is 93.8 Å². The molecule has 88 valence electrons. The highest BCUT2D eigenvalue weighted by molar-refractivity contribution is 4.85. The molecule has 0 bridgehead atoms. The first kappa shape index (κ1) is 11.4. The summed E-state index contributed by atoms with van der Waals surface area (Å²) in [6.45, 7) is 11.1. The van der Waals surface area contributed by atoms with Gasteiger partial charge in [0.2, 0.25) is 0 Å². The summed E-state index contributed by atoms with van der Waals surface area (Å²) in [6, 6.07) is 0.851. The average Bonchev–Trinajstić information content (AvgIpc) is 2.76. The topological polar surface area (TPSA) is 18.5 Å². The monoisotopic (exact) mass is 211 g/mol. The molecule has 2 heterocycles. The van der Waals surface area contributed by atoms with Crippen molar-refractivity contribution < 1.29 is 0 Å². The number of unbranched alkanes of at least 4 members (excludes halogenated alkanes) is 1. The van der Waals surface area contributed by atoms with E-state index in [2.05, 4.69) is 22.0 Å². The Hall–Kier alpha value is -0.120. The van der Waals surface area contributed by atoms with E-state index in [1.54, 1.807) is 0 Å². The quantitative estimate of drug-likeness (QED) is 0.741. The Morgan fingerprint density at radius 1 is 1.20 bits per heavy atom. The number of hydrogen-bond acceptors (Lipinski definition) is 3. The van der Waals surface area contributed by atoms with Gasteiger partial charge in [0.15, 0.2) is 0 Å². The van der Waals surface area contributed by atoms with Crippen molar-refractivity contribution in [2.45, 2.75) is 32.2 Å². The van der Waals surface area contributed by atoms with E-state index in [1.165, 1.54) is 65.1 Å². The molecule has 2 rings (SSSR count). The van der Waals surface area contributed by atoms with E-state index in [0.717, 1.165) is 6.04 Å². The first-order valence-electron chi connectivity index (χ1n) is 6.57. The second-order valence-electron chi connectivity index (χ2n) is 4.88. The minimum absolute atomic E-state index is 0.851. The van der Waals surface area contributed by atoms with E-state index in [4.69, 9.17) is 0 Å². The summed E-state index contributed by atoms with van der Waals surface area (Å²) >= 11 is 0. The third kappa shape index (κ3) is 3.16. The minimum atomic E-state index is 0.851. The highest BCUT2D eigenvalue weighted by Gasteiger charge is 2.27. The fourth-order valence-corrected chi connectivity index (χ4v) is 2.74. The first-order chi connectivity index (χ1) is 7.40.